The molecule has 1 aliphatic rings. The Morgan fingerprint density at radius 3 is 2.63 bits per heavy atom. The van der Waals surface area contributed by atoms with Crippen LogP contribution in [0.15, 0.2) is 53.5 Å². The van der Waals surface area contributed by atoms with Gasteiger partial charge in [0, 0.05) is 18.7 Å². The zero-order valence-corrected chi connectivity index (χ0v) is 16.5. The first-order valence-electron chi connectivity index (χ1n) is 8.97. The molecular weight excluding hydrogens is 358 g/mol. The summed E-state index contributed by atoms with van der Waals surface area (Å²) in [6, 6.07) is 15.4. The zero-order valence-electron chi connectivity index (χ0n) is 15.7. The van der Waals surface area contributed by atoms with Crippen molar-refractivity contribution in [2.45, 2.75) is 32.4 Å². The largest absolute Gasteiger partial charge is 0.325 e. The van der Waals surface area contributed by atoms with Gasteiger partial charge in [-0.2, -0.15) is 0 Å². The van der Waals surface area contributed by atoms with Crippen molar-refractivity contribution in [3.8, 4) is 0 Å². The zero-order chi connectivity index (χ0) is 19.4. The number of rotatable bonds is 4. The van der Waals surface area contributed by atoms with Crippen LogP contribution in [0.5, 0.6) is 0 Å². The molecule has 6 heteroatoms. The summed E-state index contributed by atoms with van der Waals surface area (Å²) in [5.74, 6) is -0.247. The third-order valence-electron chi connectivity index (χ3n) is 4.37. The summed E-state index contributed by atoms with van der Waals surface area (Å²) in [4.78, 5) is 31.6. The third-order valence-corrected chi connectivity index (χ3v) is 5.56. The quantitative estimate of drug-likeness (QED) is 0.860. The number of para-hydroxylation sites is 1. The minimum absolute atomic E-state index is 0.0771. The van der Waals surface area contributed by atoms with Crippen LogP contribution >= 0.6 is 11.8 Å². The molecule has 0 spiro atoms. The van der Waals surface area contributed by atoms with Gasteiger partial charge in [0.2, 0.25) is 11.8 Å². The molecule has 1 heterocycles. The fourth-order valence-corrected chi connectivity index (χ4v) is 4.10. The molecule has 1 N–H and O–H groups in total. The number of amidine groups is 1. The van der Waals surface area contributed by atoms with Gasteiger partial charge in [-0.15, -0.1) is 0 Å². The van der Waals surface area contributed by atoms with Crippen LogP contribution in [0.25, 0.3) is 0 Å². The Labute approximate surface area is 163 Å². The number of benzene rings is 2. The maximum Gasteiger partial charge on any atom is 0.238 e. The average Bonchev–Trinajstić information content (AvgIpc) is 2.64. The highest BCUT2D eigenvalue weighted by Crippen LogP contribution is 2.30. The number of nitrogens with one attached hydrogen (secondary N) is 1. The standard InChI is InChI=1S/C21H23N3O2S/c1-4-24-19(25)13-18(27-21(24)22-16-8-6-5-7-9-16)20(26)23-17-11-10-14(2)12-15(17)3/h5-12,18H,4,13H2,1-3H3,(H,23,26)/t18-/m1/s1. The maximum atomic E-state index is 12.8. The molecule has 0 bridgehead atoms. The second-order valence-corrected chi connectivity index (χ2v) is 7.66. The molecule has 140 valence electrons. The topological polar surface area (TPSA) is 61.8 Å². The highest BCUT2D eigenvalue weighted by atomic mass is 32.2. The van der Waals surface area contributed by atoms with E-state index in [0.717, 1.165) is 22.5 Å². The minimum atomic E-state index is -0.497. The van der Waals surface area contributed by atoms with Crippen LogP contribution in [-0.2, 0) is 9.59 Å². The van der Waals surface area contributed by atoms with Crippen molar-refractivity contribution >= 4 is 40.1 Å². The van der Waals surface area contributed by atoms with Crippen LogP contribution in [-0.4, -0.2) is 33.7 Å². The van der Waals surface area contributed by atoms with Crippen molar-refractivity contribution in [1.82, 2.24) is 4.90 Å². The van der Waals surface area contributed by atoms with Gasteiger partial charge in [-0.1, -0.05) is 47.7 Å². The van der Waals surface area contributed by atoms with Gasteiger partial charge in [-0.25, -0.2) is 4.99 Å². The molecule has 1 aliphatic heterocycles. The lowest BCUT2D eigenvalue weighted by atomic mass is 10.1. The Balaban J connectivity index is 1.81. The van der Waals surface area contributed by atoms with Crippen molar-refractivity contribution < 1.29 is 9.59 Å². The van der Waals surface area contributed by atoms with Gasteiger partial charge in [-0.3, -0.25) is 14.5 Å². The van der Waals surface area contributed by atoms with Crippen LogP contribution in [0.4, 0.5) is 11.4 Å². The van der Waals surface area contributed by atoms with Crippen LogP contribution in [0.2, 0.25) is 0 Å². The molecule has 0 aromatic heterocycles. The molecule has 2 amide bonds. The van der Waals surface area contributed by atoms with Crippen molar-refractivity contribution in [2.24, 2.45) is 4.99 Å². The van der Waals surface area contributed by atoms with E-state index in [4.69, 9.17) is 0 Å². The Bertz CT molecular complexity index is 880. The first-order valence-corrected chi connectivity index (χ1v) is 9.84. The van der Waals surface area contributed by atoms with Gasteiger partial charge in [0.15, 0.2) is 5.17 Å². The van der Waals surface area contributed by atoms with E-state index in [0.29, 0.717) is 11.7 Å². The summed E-state index contributed by atoms with van der Waals surface area (Å²) in [5.41, 5.74) is 3.69. The molecule has 3 rings (SSSR count). The molecule has 1 saturated heterocycles. The molecule has 2 aromatic carbocycles. The second kappa shape index (κ2) is 8.39. The predicted octanol–water partition coefficient (Wildman–Crippen LogP) is 4.28. The van der Waals surface area contributed by atoms with Crippen molar-refractivity contribution in [3.63, 3.8) is 0 Å². The number of aliphatic imine (C=N–C) groups is 1. The lowest BCUT2D eigenvalue weighted by Gasteiger charge is -2.31. The van der Waals surface area contributed by atoms with Crippen molar-refractivity contribution in [2.75, 3.05) is 11.9 Å². The molecule has 1 atom stereocenters. The van der Waals surface area contributed by atoms with Crippen LogP contribution in [0, 0.1) is 13.8 Å². The van der Waals surface area contributed by atoms with Crippen LogP contribution in [0.1, 0.15) is 24.5 Å². The van der Waals surface area contributed by atoms with Gasteiger partial charge in [0.1, 0.15) is 5.25 Å². The SMILES string of the molecule is CCN1C(=O)C[C@H](C(=O)Nc2ccc(C)cc2C)SC1=Nc1ccccc1. The number of carbonyl (C=O) groups excluding carboxylic acids is 2. The van der Waals surface area contributed by atoms with E-state index < -0.39 is 5.25 Å². The average molecular weight is 382 g/mol. The molecule has 2 aromatic rings. The normalized spacial score (nSPS) is 18.6. The van der Waals surface area contributed by atoms with E-state index in [9.17, 15) is 9.59 Å². The number of hydrogen-bond donors (Lipinski definition) is 1. The van der Waals surface area contributed by atoms with E-state index >= 15 is 0 Å². The number of thioether (sulfide) groups is 1. The number of nitrogens with zero attached hydrogens (tertiary/aromatic N) is 2. The van der Waals surface area contributed by atoms with Gasteiger partial charge < -0.3 is 5.32 Å². The summed E-state index contributed by atoms with van der Waals surface area (Å²) in [7, 11) is 0. The number of amides is 2. The Kier molecular flexibility index (Phi) is 5.96. The van der Waals surface area contributed by atoms with E-state index in [2.05, 4.69) is 10.3 Å². The fourth-order valence-electron chi connectivity index (χ4n) is 2.93. The summed E-state index contributed by atoms with van der Waals surface area (Å²) in [6.07, 6.45) is 0.170. The molecule has 0 radical (unpaired) electrons. The summed E-state index contributed by atoms with van der Waals surface area (Å²) in [6.45, 7) is 6.42. The summed E-state index contributed by atoms with van der Waals surface area (Å²) < 4.78 is 0. The predicted molar refractivity (Wildman–Crippen MR) is 111 cm³/mol. The molecule has 1 fully saturated rings. The Morgan fingerprint density at radius 2 is 1.96 bits per heavy atom. The van der Waals surface area contributed by atoms with E-state index in [1.807, 2.05) is 69.3 Å². The minimum Gasteiger partial charge on any atom is -0.325 e. The Morgan fingerprint density at radius 1 is 1.22 bits per heavy atom. The lowest BCUT2D eigenvalue weighted by Crippen LogP contribution is -2.45. The first-order chi connectivity index (χ1) is 13.0. The number of carbonyl (C=O) groups is 2. The molecule has 5 nitrogen and oxygen atoms in total. The van der Waals surface area contributed by atoms with Gasteiger partial charge in [-0.05, 0) is 44.5 Å². The van der Waals surface area contributed by atoms with Crippen LogP contribution in [0.3, 0.4) is 0 Å². The van der Waals surface area contributed by atoms with Gasteiger partial charge in [0.05, 0.1) is 5.69 Å². The van der Waals surface area contributed by atoms with Crippen molar-refractivity contribution in [3.05, 3.63) is 59.7 Å². The van der Waals surface area contributed by atoms with Gasteiger partial charge in [0.25, 0.3) is 0 Å². The Hall–Kier alpha value is -2.60. The smallest absolute Gasteiger partial charge is 0.238 e. The molecular formula is C21H23N3O2S. The summed E-state index contributed by atoms with van der Waals surface area (Å²) in [5, 5.41) is 3.03. The molecule has 27 heavy (non-hydrogen) atoms. The number of anilines is 1. The lowest BCUT2D eigenvalue weighted by molar-refractivity contribution is -0.129. The van der Waals surface area contributed by atoms with E-state index in [1.54, 1.807) is 4.90 Å². The van der Waals surface area contributed by atoms with Crippen LogP contribution < -0.4 is 5.32 Å². The molecule has 0 unspecified atom stereocenters. The highest BCUT2D eigenvalue weighted by Gasteiger charge is 2.35. The van der Waals surface area contributed by atoms with E-state index in [1.165, 1.54) is 11.8 Å². The maximum absolute atomic E-state index is 12.8. The number of aryl methyl sites for hydroxylation is 2. The second-order valence-electron chi connectivity index (χ2n) is 6.49. The highest BCUT2D eigenvalue weighted by molar-refractivity contribution is 8.15. The summed E-state index contributed by atoms with van der Waals surface area (Å²) >= 11 is 1.34. The van der Waals surface area contributed by atoms with Gasteiger partial charge >= 0.3 is 0 Å². The monoisotopic (exact) mass is 381 g/mol. The first kappa shape index (κ1) is 19.2. The van der Waals surface area contributed by atoms with Crippen molar-refractivity contribution in [1.29, 1.82) is 0 Å². The number of hydrogen-bond acceptors (Lipinski definition) is 4. The third kappa shape index (κ3) is 4.57. The van der Waals surface area contributed by atoms with E-state index in [-0.39, 0.29) is 18.2 Å². The fraction of sp³-hybridized carbons (Fsp3) is 0.286. The molecule has 0 saturated carbocycles. The molecule has 0 aliphatic carbocycles.